The van der Waals surface area contributed by atoms with Crippen molar-refractivity contribution in [2.75, 3.05) is 6.54 Å². The molecule has 1 amide bonds. The van der Waals surface area contributed by atoms with E-state index < -0.39 is 0 Å². The molecule has 3 heteroatoms. The Kier molecular flexibility index (Phi) is 6.24. The lowest BCUT2D eigenvalue weighted by Gasteiger charge is -2.26. The van der Waals surface area contributed by atoms with Crippen LogP contribution >= 0.6 is 0 Å². The predicted octanol–water partition coefficient (Wildman–Crippen LogP) is 3.13. The number of hydrogen-bond acceptors (Lipinski definition) is 2. The Morgan fingerprint density at radius 3 is 3.00 bits per heavy atom. The van der Waals surface area contributed by atoms with E-state index in [1.807, 2.05) is 0 Å². The highest BCUT2D eigenvalue weighted by Crippen LogP contribution is 2.33. The molecule has 21 heavy (non-hydrogen) atoms. The highest BCUT2D eigenvalue weighted by Gasteiger charge is 2.23. The second-order valence-corrected chi connectivity index (χ2v) is 6.13. The summed E-state index contributed by atoms with van der Waals surface area (Å²) in [6, 6.07) is 8.69. The van der Waals surface area contributed by atoms with Crippen molar-refractivity contribution in [3.05, 3.63) is 35.4 Å². The number of unbranched alkanes of at least 4 members (excludes halogenated alkanes) is 1. The quantitative estimate of drug-likeness (QED) is 0.810. The number of carbonyl (C=O) groups excluding carboxylic acids is 1. The van der Waals surface area contributed by atoms with Crippen LogP contribution in [0, 0.1) is 0 Å². The van der Waals surface area contributed by atoms with Crippen LogP contribution < -0.4 is 11.1 Å². The minimum Gasteiger partial charge on any atom is -0.352 e. The average Bonchev–Trinajstić information content (AvgIpc) is 2.51. The second-order valence-electron chi connectivity index (χ2n) is 6.13. The summed E-state index contributed by atoms with van der Waals surface area (Å²) >= 11 is 0. The smallest absolute Gasteiger partial charge is 0.220 e. The summed E-state index contributed by atoms with van der Waals surface area (Å²) in [6.07, 6.45) is 7.30. The van der Waals surface area contributed by atoms with Crippen molar-refractivity contribution < 1.29 is 4.79 Å². The average molecular weight is 288 g/mol. The van der Waals surface area contributed by atoms with Gasteiger partial charge in [-0.2, -0.15) is 0 Å². The Hall–Kier alpha value is -1.35. The van der Waals surface area contributed by atoms with Gasteiger partial charge in [-0.25, -0.2) is 0 Å². The molecule has 0 aromatic heterocycles. The number of amides is 1. The van der Waals surface area contributed by atoms with E-state index in [0.29, 0.717) is 18.9 Å². The van der Waals surface area contributed by atoms with Gasteiger partial charge in [0, 0.05) is 19.0 Å². The third-order valence-corrected chi connectivity index (χ3v) is 4.48. The first-order valence-electron chi connectivity index (χ1n) is 8.31. The maximum absolute atomic E-state index is 12.3. The van der Waals surface area contributed by atoms with Crippen molar-refractivity contribution in [1.29, 1.82) is 0 Å². The van der Waals surface area contributed by atoms with Crippen molar-refractivity contribution in [3.63, 3.8) is 0 Å². The van der Waals surface area contributed by atoms with Crippen LogP contribution in [0.4, 0.5) is 0 Å². The molecule has 0 aliphatic heterocycles. The van der Waals surface area contributed by atoms with E-state index in [4.69, 9.17) is 5.73 Å². The van der Waals surface area contributed by atoms with Crippen LogP contribution in [0.1, 0.15) is 62.5 Å². The van der Waals surface area contributed by atoms with Crippen molar-refractivity contribution in [1.82, 2.24) is 5.32 Å². The second kappa shape index (κ2) is 8.18. The van der Waals surface area contributed by atoms with Crippen molar-refractivity contribution >= 4 is 5.91 Å². The first-order chi connectivity index (χ1) is 10.2. The molecule has 0 saturated carbocycles. The van der Waals surface area contributed by atoms with E-state index in [0.717, 1.165) is 32.1 Å². The van der Waals surface area contributed by atoms with Gasteiger partial charge in [0.25, 0.3) is 0 Å². The molecular weight excluding hydrogens is 260 g/mol. The monoisotopic (exact) mass is 288 g/mol. The molecule has 0 saturated heterocycles. The van der Waals surface area contributed by atoms with Gasteiger partial charge in [-0.3, -0.25) is 4.79 Å². The maximum Gasteiger partial charge on any atom is 0.220 e. The highest BCUT2D eigenvalue weighted by molar-refractivity contribution is 5.77. The standard InChI is InChI=1S/C18H28N2O/c1-2-3-10-16(13-19)20-18(21)12-15-9-6-8-14-7-4-5-11-17(14)15/h4-5,7,11,15-16H,2-3,6,8-10,12-13,19H2,1H3,(H,20,21). The highest BCUT2D eigenvalue weighted by atomic mass is 16.1. The van der Waals surface area contributed by atoms with Gasteiger partial charge in [0.1, 0.15) is 0 Å². The minimum absolute atomic E-state index is 0.135. The summed E-state index contributed by atoms with van der Waals surface area (Å²) in [7, 11) is 0. The van der Waals surface area contributed by atoms with Crippen molar-refractivity contribution in [2.45, 2.75) is 63.8 Å². The Bertz CT molecular complexity index is 458. The van der Waals surface area contributed by atoms with Gasteiger partial charge < -0.3 is 11.1 Å². The molecule has 0 radical (unpaired) electrons. The third-order valence-electron chi connectivity index (χ3n) is 4.48. The fourth-order valence-electron chi connectivity index (χ4n) is 3.28. The van der Waals surface area contributed by atoms with Gasteiger partial charge in [0.05, 0.1) is 0 Å². The molecule has 0 bridgehead atoms. The zero-order chi connectivity index (χ0) is 15.1. The molecule has 2 rings (SSSR count). The van der Waals surface area contributed by atoms with Gasteiger partial charge >= 0.3 is 0 Å². The van der Waals surface area contributed by atoms with E-state index >= 15 is 0 Å². The van der Waals surface area contributed by atoms with E-state index in [1.54, 1.807) is 0 Å². The lowest BCUT2D eigenvalue weighted by Crippen LogP contribution is -2.40. The van der Waals surface area contributed by atoms with Gasteiger partial charge in [-0.1, -0.05) is 44.0 Å². The molecule has 2 atom stereocenters. The summed E-state index contributed by atoms with van der Waals surface area (Å²) < 4.78 is 0. The van der Waals surface area contributed by atoms with Crippen LogP contribution in [0.2, 0.25) is 0 Å². The number of nitrogens with one attached hydrogen (secondary N) is 1. The SMILES string of the molecule is CCCCC(CN)NC(=O)CC1CCCc2ccccc21. The first kappa shape index (κ1) is 16.0. The summed E-state index contributed by atoms with van der Waals surface area (Å²) in [5, 5.41) is 3.12. The number of hydrogen-bond donors (Lipinski definition) is 2. The summed E-state index contributed by atoms with van der Waals surface area (Å²) in [5.74, 6) is 0.530. The van der Waals surface area contributed by atoms with Crippen LogP contribution in [0.5, 0.6) is 0 Å². The Labute approximate surface area is 128 Å². The fraction of sp³-hybridized carbons (Fsp3) is 0.611. The summed E-state index contributed by atoms with van der Waals surface area (Å²) in [6.45, 7) is 2.70. The van der Waals surface area contributed by atoms with Crippen molar-refractivity contribution in [2.24, 2.45) is 5.73 Å². The summed E-state index contributed by atoms with van der Waals surface area (Å²) in [4.78, 5) is 12.3. The van der Waals surface area contributed by atoms with Crippen LogP contribution in [0.3, 0.4) is 0 Å². The van der Waals surface area contributed by atoms with Crippen molar-refractivity contribution in [3.8, 4) is 0 Å². The fourth-order valence-corrected chi connectivity index (χ4v) is 3.28. The molecular formula is C18H28N2O. The zero-order valence-corrected chi connectivity index (χ0v) is 13.1. The molecule has 116 valence electrons. The Morgan fingerprint density at radius 1 is 1.43 bits per heavy atom. The lowest BCUT2D eigenvalue weighted by atomic mass is 9.81. The van der Waals surface area contributed by atoms with E-state index in [1.165, 1.54) is 17.5 Å². The summed E-state index contributed by atoms with van der Waals surface area (Å²) in [5.41, 5.74) is 8.55. The molecule has 1 aromatic carbocycles. The molecule has 0 spiro atoms. The molecule has 0 heterocycles. The van der Waals surface area contributed by atoms with Crippen LogP contribution in [-0.2, 0) is 11.2 Å². The number of aryl methyl sites for hydroxylation is 1. The van der Waals surface area contributed by atoms with Crippen LogP contribution in [0.25, 0.3) is 0 Å². The van der Waals surface area contributed by atoms with Gasteiger partial charge in [-0.15, -0.1) is 0 Å². The number of benzene rings is 1. The largest absolute Gasteiger partial charge is 0.352 e. The molecule has 3 N–H and O–H groups in total. The molecule has 1 aliphatic carbocycles. The topological polar surface area (TPSA) is 55.1 Å². The van der Waals surface area contributed by atoms with Gasteiger partial charge in [0.2, 0.25) is 5.91 Å². The van der Waals surface area contributed by atoms with Crippen LogP contribution in [-0.4, -0.2) is 18.5 Å². The molecule has 1 aromatic rings. The van der Waals surface area contributed by atoms with Gasteiger partial charge in [0.15, 0.2) is 0 Å². The van der Waals surface area contributed by atoms with E-state index in [9.17, 15) is 4.79 Å². The van der Waals surface area contributed by atoms with Crippen LogP contribution in [0.15, 0.2) is 24.3 Å². The predicted molar refractivity (Wildman–Crippen MR) is 87.2 cm³/mol. The molecule has 2 unspecified atom stereocenters. The molecule has 3 nitrogen and oxygen atoms in total. The number of carbonyl (C=O) groups is 1. The Balaban J connectivity index is 1.91. The minimum atomic E-state index is 0.135. The third kappa shape index (κ3) is 4.57. The normalized spacial score (nSPS) is 18.9. The molecule has 0 fully saturated rings. The first-order valence-corrected chi connectivity index (χ1v) is 8.31. The van der Waals surface area contributed by atoms with Gasteiger partial charge in [-0.05, 0) is 42.7 Å². The number of nitrogens with two attached hydrogens (primary N) is 1. The number of fused-ring (bicyclic) bond motifs is 1. The number of rotatable bonds is 7. The zero-order valence-electron chi connectivity index (χ0n) is 13.1. The lowest BCUT2D eigenvalue weighted by molar-refractivity contribution is -0.122. The van der Waals surface area contributed by atoms with E-state index in [2.05, 4.69) is 36.5 Å². The molecule has 1 aliphatic rings. The Morgan fingerprint density at radius 2 is 2.24 bits per heavy atom. The maximum atomic E-state index is 12.3. The van der Waals surface area contributed by atoms with E-state index in [-0.39, 0.29) is 11.9 Å².